The highest BCUT2D eigenvalue weighted by Gasteiger charge is 2.33. The van der Waals surface area contributed by atoms with Gasteiger partial charge >= 0.3 is 0 Å². The van der Waals surface area contributed by atoms with Crippen LogP contribution < -0.4 is 5.32 Å². The van der Waals surface area contributed by atoms with E-state index >= 15 is 0 Å². The average molecular weight is 360 g/mol. The van der Waals surface area contributed by atoms with Crippen LogP contribution in [0.3, 0.4) is 0 Å². The molecule has 0 bridgehead atoms. The van der Waals surface area contributed by atoms with E-state index in [0.29, 0.717) is 12.0 Å². The third-order valence-electron chi connectivity index (χ3n) is 5.32. The molecule has 0 aliphatic heterocycles. The number of hydrogen-bond donors (Lipinski definition) is 2. The normalized spacial score (nSPS) is 23.9. The smallest absolute Gasteiger partial charge is 0.0696 e. The summed E-state index contributed by atoms with van der Waals surface area (Å²) in [6.45, 7) is 4.38. The minimum absolute atomic E-state index is 0. The number of rotatable bonds is 6. The zero-order chi connectivity index (χ0) is 16.9. The first-order chi connectivity index (χ1) is 11.7. The predicted octanol–water partition coefficient (Wildman–Crippen LogP) is 4.85. The van der Waals surface area contributed by atoms with E-state index in [1.807, 2.05) is 6.07 Å². The molecule has 4 atom stereocenters. The average Bonchev–Trinajstić information content (AvgIpc) is 2.95. The highest BCUT2D eigenvalue weighted by molar-refractivity contribution is 5.85. The second-order valence-corrected chi connectivity index (χ2v) is 7.25. The molecule has 1 fully saturated rings. The summed E-state index contributed by atoms with van der Waals surface area (Å²) in [7, 11) is 0. The molecule has 2 aromatic carbocycles. The quantitative estimate of drug-likeness (QED) is 0.773. The highest BCUT2D eigenvalue weighted by Crippen LogP contribution is 2.30. The molecule has 2 N–H and O–H groups in total. The van der Waals surface area contributed by atoms with Gasteiger partial charge in [-0.15, -0.1) is 12.4 Å². The third-order valence-corrected chi connectivity index (χ3v) is 5.32. The van der Waals surface area contributed by atoms with Crippen molar-refractivity contribution in [3.8, 4) is 11.1 Å². The minimum atomic E-state index is -0.201. The SMILES string of the molecule is CCC(C)N[C@@H]1C[C@H](Cc2ccc(-c3ccccc3)cc2)C[C@H]1O.Cl. The van der Waals surface area contributed by atoms with Crippen molar-refractivity contribution < 1.29 is 5.11 Å². The molecule has 0 heterocycles. The molecule has 0 aromatic heterocycles. The van der Waals surface area contributed by atoms with Crippen molar-refractivity contribution in [1.82, 2.24) is 5.32 Å². The van der Waals surface area contributed by atoms with Crippen molar-refractivity contribution in [1.29, 1.82) is 0 Å². The van der Waals surface area contributed by atoms with Gasteiger partial charge < -0.3 is 10.4 Å². The standard InChI is InChI=1S/C22H29NO.ClH/c1-3-16(2)23-21-14-18(15-22(21)24)13-17-9-11-20(12-10-17)19-7-5-4-6-8-19;/h4-12,16,18,21-24H,3,13-15H2,1-2H3;1H/t16?,18-,21+,22+;/m0./s1. The van der Waals surface area contributed by atoms with Gasteiger partial charge in [-0.3, -0.25) is 0 Å². The molecule has 1 unspecified atom stereocenters. The van der Waals surface area contributed by atoms with Crippen LogP contribution in [0.25, 0.3) is 11.1 Å². The zero-order valence-electron chi connectivity index (χ0n) is 15.2. The fraction of sp³-hybridized carbons (Fsp3) is 0.455. The number of nitrogens with one attached hydrogen (secondary N) is 1. The Hall–Kier alpha value is -1.35. The van der Waals surface area contributed by atoms with E-state index in [4.69, 9.17) is 0 Å². The van der Waals surface area contributed by atoms with Crippen molar-refractivity contribution in [3.63, 3.8) is 0 Å². The molecular formula is C22H30ClNO. The van der Waals surface area contributed by atoms with Gasteiger partial charge in [0.1, 0.15) is 0 Å². The summed E-state index contributed by atoms with van der Waals surface area (Å²) in [5.41, 5.74) is 3.90. The van der Waals surface area contributed by atoms with Gasteiger partial charge in [-0.25, -0.2) is 0 Å². The lowest BCUT2D eigenvalue weighted by Crippen LogP contribution is -2.40. The summed E-state index contributed by atoms with van der Waals surface area (Å²) in [5, 5.41) is 13.9. The van der Waals surface area contributed by atoms with Crippen LogP contribution in [0.1, 0.15) is 38.7 Å². The van der Waals surface area contributed by atoms with E-state index in [-0.39, 0.29) is 24.6 Å². The zero-order valence-corrected chi connectivity index (χ0v) is 16.0. The Bertz CT molecular complexity index is 628. The van der Waals surface area contributed by atoms with E-state index in [1.165, 1.54) is 16.7 Å². The first-order valence-electron chi connectivity index (χ1n) is 9.24. The lowest BCUT2D eigenvalue weighted by Gasteiger charge is -2.21. The summed E-state index contributed by atoms with van der Waals surface area (Å²) < 4.78 is 0. The molecule has 136 valence electrons. The van der Waals surface area contributed by atoms with Crippen LogP contribution in [0.4, 0.5) is 0 Å². The lowest BCUT2D eigenvalue weighted by molar-refractivity contribution is 0.141. The fourth-order valence-corrected chi connectivity index (χ4v) is 3.74. The summed E-state index contributed by atoms with van der Waals surface area (Å²) in [5.74, 6) is 0.573. The van der Waals surface area contributed by atoms with Gasteiger partial charge in [0, 0.05) is 12.1 Å². The largest absolute Gasteiger partial charge is 0.391 e. The lowest BCUT2D eigenvalue weighted by atomic mass is 9.96. The van der Waals surface area contributed by atoms with Crippen LogP contribution in [0.5, 0.6) is 0 Å². The third kappa shape index (κ3) is 5.31. The van der Waals surface area contributed by atoms with Gasteiger partial charge in [-0.05, 0) is 55.2 Å². The summed E-state index contributed by atoms with van der Waals surface area (Å²) in [6, 6.07) is 20.1. The minimum Gasteiger partial charge on any atom is -0.391 e. The molecule has 1 aliphatic carbocycles. The van der Waals surface area contributed by atoms with Crippen molar-refractivity contribution in [2.24, 2.45) is 5.92 Å². The molecule has 2 nitrogen and oxygen atoms in total. The molecule has 1 saturated carbocycles. The van der Waals surface area contributed by atoms with Gasteiger partial charge in [-0.2, -0.15) is 0 Å². The molecule has 25 heavy (non-hydrogen) atoms. The predicted molar refractivity (Wildman–Crippen MR) is 108 cm³/mol. The van der Waals surface area contributed by atoms with Crippen LogP contribution in [0.15, 0.2) is 54.6 Å². The Morgan fingerprint density at radius 2 is 1.64 bits per heavy atom. The Labute approximate surface area is 158 Å². The summed E-state index contributed by atoms with van der Waals surface area (Å²) in [4.78, 5) is 0. The number of aliphatic hydroxyl groups is 1. The maximum Gasteiger partial charge on any atom is 0.0696 e. The van der Waals surface area contributed by atoms with Crippen molar-refractivity contribution in [3.05, 3.63) is 60.2 Å². The molecular weight excluding hydrogens is 330 g/mol. The van der Waals surface area contributed by atoms with Gasteiger partial charge in [0.05, 0.1) is 6.10 Å². The second-order valence-electron chi connectivity index (χ2n) is 7.25. The first kappa shape index (κ1) is 20.0. The molecule has 2 aromatic rings. The maximum atomic E-state index is 10.3. The fourth-order valence-electron chi connectivity index (χ4n) is 3.74. The van der Waals surface area contributed by atoms with E-state index in [9.17, 15) is 5.11 Å². The van der Waals surface area contributed by atoms with Crippen LogP contribution in [-0.2, 0) is 6.42 Å². The van der Waals surface area contributed by atoms with E-state index in [1.54, 1.807) is 0 Å². The Kier molecular flexibility index (Phi) is 7.49. The van der Waals surface area contributed by atoms with Crippen LogP contribution >= 0.6 is 12.4 Å². The topological polar surface area (TPSA) is 32.3 Å². The van der Waals surface area contributed by atoms with Gasteiger partial charge in [0.15, 0.2) is 0 Å². The summed E-state index contributed by atoms with van der Waals surface area (Å²) in [6.07, 6.45) is 3.95. The number of aliphatic hydroxyl groups excluding tert-OH is 1. The molecule has 0 amide bonds. The monoisotopic (exact) mass is 359 g/mol. The molecule has 3 heteroatoms. The second kappa shape index (κ2) is 9.38. The molecule has 3 rings (SSSR count). The van der Waals surface area contributed by atoms with E-state index in [2.05, 4.69) is 67.7 Å². The summed E-state index contributed by atoms with van der Waals surface area (Å²) >= 11 is 0. The molecule has 1 aliphatic rings. The Morgan fingerprint density at radius 3 is 2.28 bits per heavy atom. The Balaban J connectivity index is 0.00000225. The molecule has 0 saturated heterocycles. The van der Waals surface area contributed by atoms with Crippen LogP contribution in [0.2, 0.25) is 0 Å². The van der Waals surface area contributed by atoms with Crippen LogP contribution in [0, 0.1) is 5.92 Å². The highest BCUT2D eigenvalue weighted by atomic mass is 35.5. The number of halogens is 1. The van der Waals surface area contributed by atoms with Gasteiger partial charge in [-0.1, -0.05) is 61.5 Å². The van der Waals surface area contributed by atoms with Crippen molar-refractivity contribution in [2.45, 2.75) is 57.7 Å². The van der Waals surface area contributed by atoms with Crippen LogP contribution in [-0.4, -0.2) is 23.3 Å². The molecule has 0 radical (unpaired) electrons. The molecule has 0 spiro atoms. The maximum absolute atomic E-state index is 10.3. The first-order valence-corrected chi connectivity index (χ1v) is 9.24. The van der Waals surface area contributed by atoms with E-state index < -0.39 is 0 Å². The van der Waals surface area contributed by atoms with Gasteiger partial charge in [0.2, 0.25) is 0 Å². The Morgan fingerprint density at radius 1 is 1.00 bits per heavy atom. The van der Waals surface area contributed by atoms with Crippen molar-refractivity contribution >= 4 is 12.4 Å². The van der Waals surface area contributed by atoms with Gasteiger partial charge in [0.25, 0.3) is 0 Å². The van der Waals surface area contributed by atoms with E-state index in [0.717, 1.165) is 25.7 Å². The van der Waals surface area contributed by atoms with Crippen molar-refractivity contribution in [2.75, 3.05) is 0 Å². The number of benzene rings is 2. The number of hydrogen-bond acceptors (Lipinski definition) is 2.